The summed E-state index contributed by atoms with van der Waals surface area (Å²) in [5.74, 6) is 0.454. The van der Waals surface area contributed by atoms with Gasteiger partial charge in [-0.15, -0.1) is 11.6 Å². The molecule has 2 rings (SSSR count). The Morgan fingerprint density at radius 3 is 2.89 bits per heavy atom. The van der Waals surface area contributed by atoms with Crippen LogP contribution in [-0.4, -0.2) is 15.5 Å². The first-order chi connectivity index (χ1) is 8.49. The highest BCUT2D eigenvalue weighted by Crippen LogP contribution is 2.25. The van der Waals surface area contributed by atoms with Gasteiger partial charge in [0.1, 0.15) is 5.82 Å². The predicted molar refractivity (Wildman–Crippen MR) is 72.5 cm³/mol. The van der Waals surface area contributed by atoms with Crippen LogP contribution in [0.2, 0.25) is 0 Å². The van der Waals surface area contributed by atoms with Gasteiger partial charge in [-0.05, 0) is 31.5 Å². The highest BCUT2D eigenvalue weighted by molar-refractivity contribution is 6.20. The average Bonchev–Trinajstić information content (AvgIpc) is 2.64. The highest BCUT2D eigenvalue weighted by Gasteiger charge is 2.15. The van der Waals surface area contributed by atoms with Crippen molar-refractivity contribution in [1.29, 1.82) is 0 Å². The number of carbonyl (C=O) groups is 1. The van der Waals surface area contributed by atoms with Crippen molar-refractivity contribution in [2.24, 2.45) is 5.73 Å². The summed E-state index contributed by atoms with van der Waals surface area (Å²) < 4.78 is 1.97. The Hall–Kier alpha value is -1.55. The lowest BCUT2D eigenvalue weighted by Gasteiger charge is -2.09. The molecule has 1 aromatic heterocycles. The molecule has 18 heavy (non-hydrogen) atoms. The largest absolute Gasteiger partial charge is 0.370 e. The normalized spacial score (nSPS) is 12.8. The first-order valence-electron chi connectivity index (χ1n) is 5.88. The molecule has 0 spiro atoms. The summed E-state index contributed by atoms with van der Waals surface area (Å²) in [5.41, 5.74) is 8.24. The average molecular weight is 266 g/mol. The van der Waals surface area contributed by atoms with E-state index in [-0.39, 0.29) is 17.7 Å². The third-order valence-electron chi connectivity index (χ3n) is 2.87. The summed E-state index contributed by atoms with van der Waals surface area (Å²) in [7, 11) is 0. The number of halogens is 1. The second-order valence-corrected chi connectivity index (χ2v) is 5.10. The number of hydrogen-bond acceptors (Lipinski definition) is 2. The second-order valence-electron chi connectivity index (χ2n) is 4.45. The Morgan fingerprint density at radius 2 is 2.28 bits per heavy atom. The Bertz CT molecular complexity index is 589. The van der Waals surface area contributed by atoms with Gasteiger partial charge in [-0.2, -0.15) is 0 Å². The second kappa shape index (κ2) is 4.98. The molecule has 1 unspecified atom stereocenters. The van der Waals surface area contributed by atoms with Gasteiger partial charge < -0.3 is 10.3 Å². The van der Waals surface area contributed by atoms with Crippen LogP contribution in [0.25, 0.3) is 11.0 Å². The summed E-state index contributed by atoms with van der Waals surface area (Å²) >= 11 is 6.14. The lowest BCUT2D eigenvalue weighted by molar-refractivity contribution is -0.118. The zero-order valence-electron chi connectivity index (χ0n) is 10.5. The maximum absolute atomic E-state index is 10.9. The number of amides is 1. The molecule has 1 aromatic carbocycles. The number of aromatic nitrogens is 2. The third-order valence-corrected chi connectivity index (χ3v) is 3.07. The number of nitrogens with zero attached hydrogens (tertiary/aromatic N) is 2. The molecule has 1 atom stereocenters. The number of imidazole rings is 1. The van der Waals surface area contributed by atoms with E-state index in [1.165, 1.54) is 0 Å². The molecule has 5 heteroatoms. The minimum atomic E-state index is -0.322. The lowest BCUT2D eigenvalue weighted by Crippen LogP contribution is -2.15. The van der Waals surface area contributed by atoms with E-state index < -0.39 is 0 Å². The van der Waals surface area contributed by atoms with Gasteiger partial charge in [-0.3, -0.25) is 4.79 Å². The molecular formula is C13H16ClN3O. The van der Waals surface area contributed by atoms with E-state index in [0.717, 1.165) is 22.4 Å². The fourth-order valence-corrected chi connectivity index (χ4v) is 2.19. The smallest absolute Gasteiger partial charge is 0.219 e. The number of fused-ring (bicyclic) bond motifs is 1. The Labute approximate surface area is 111 Å². The molecule has 96 valence electrons. The standard InChI is InChI=1S/C13H16ClN3O/c1-8-3-4-11-10(7-8)16-13(9(2)14)17(11)6-5-12(15)18/h3-4,7,9H,5-6H2,1-2H3,(H2,15,18). The zero-order valence-corrected chi connectivity index (χ0v) is 11.2. The van der Waals surface area contributed by atoms with Gasteiger partial charge in [0, 0.05) is 13.0 Å². The predicted octanol–water partition coefficient (Wildman–Crippen LogP) is 2.52. The van der Waals surface area contributed by atoms with Crippen molar-refractivity contribution in [3.63, 3.8) is 0 Å². The quantitative estimate of drug-likeness (QED) is 0.864. The number of benzene rings is 1. The fourth-order valence-electron chi connectivity index (χ4n) is 2.02. The summed E-state index contributed by atoms with van der Waals surface area (Å²) in [6.07, 6.45) is 0.288. The Balaban J connectivity index is 2.52. The van der Waals surface area contributed by atoms with E-state index in [4.69, 9.17) is 17.3 Å². The van der Waals surface area contributed by atoms with Gasteiger partial charge in [0.25, 0.3) is 0 Å². The Morgan fingerprint density at radius 1 is 1.56 bits per heavy atom. The first kappa shape index (κ1) is 12.9. The summed E-state index contributed by atoms with van der Waals surface area (Å²) in [5, 5.41) is -0.203. The van der Waals surface area contributed by atoms with E-state index in [1.54, 1.807) is 0 Å². The molecule has 0 radical (unpaired) electrons. The number of alkyl halides is 1. The van der Waals surface area contributed by atoms with Crippen molar-refractivity contribution >= 4 is 28.5 Å². The van der Waals surface area contributed by atoms with E-state index >= 15 is 0 Å². The fraction of sp³-hybridized carbons (Fsp3) is 0.385. The maximum atomic E-state index is 10.9. The number of carbonyl (C=O) groups excluding carboxylic acids is 1. The van der Waals surface area contributed by atoms with Gasteiger partial charge in [-0.25, -0.2) is 4.98 Å². The van der Waals surface area contributed by atoms with E-state index in [2.05, 4.69) is 4.98 Å². The van der Waals surface area contributed by atoms with Crippen molar-refractivity contribution < 1.29 is 4.79 Å². The van der Waals surface area contributed by atoms with Crippen LogP contribution in [-0.2, 0) is 11.3 Å². The van der Waals surface area contributed by atoms with Crippen LogP contribution in [0, 0.1) is 6.92 Å². The molecule has 0 saturated carbocycles. The SMILES string of the molecule is Cc1ccc2c(c1)nc(C(C)Cl)n2CCC(N)=O. The van der Waals surface area contributed by atoms with Crippen LogP contribution in [0.4, 0.5) is 0 Å². The zero-order chi connectivity index (χ0) is 13.3. The van der Waals surface area contributed by atoms with Crippen molar-refractivity contribution in [2.75, 3.05) is 0 Å². The minimum absolute atomic E-state index is 0.203. The maximum Gasteiger partial charge on any atom is 0.219 e. The van der Waals surface area contributed by atoms with E-state index in [0.29, 0.717) is 6.54 Å². The molecule has 2 N–H and O–H groups in total. The van der Waals surface area contributed by atoms with E-state index in [1.807, 2.05) is 36.6 Å². The van der Waals surface area contributed by atoms with Crippen LogP contribution in [0.1, 0.15) is 30.1 Å². The molecule has 0 saturated heterocycles. The van der Waals surface area contributed by atoms with Gasteiger partial charge in [0.15, 0.2) is 0 Å². The molecule has 2 aromatic rings. The number of primary amides is 1. The summed E-state index contributed by atoms with van der Waals surface area (Å²) in [6.45, 7) is 4.41. The van der Waals surface area contributed by atoms with Crippen LogP contribution in [0.15, 0.2) is 18.2 Å². The van der Waals surface area contributed by atoms with Crippen molar-refractivity contribution in [3.8, 4) is 0 Å². The molecule has 0 aliphatic rings. The molecule has 0 bridgehead atoms. The molecular weight excluding hydrogens is 250 g/mol. The minimum Gasteiger partial charge on any atom is -0.370 e. The number of nitrogens with two attached hydrogens (primary N) is 1. The molecule has 1 amide bonds. The third kappa shape index (κ3) is 2.48. The van der Waals surface area contributed by atoms with Gasteiger partial charge in [0.05, 0.1) is 16.4 Å². The van der Waals surface area contributed by atoms with Crippen LogP contribution < -0.4 is 5.73 Å². The van der Waals surface area contributed by atoms with Crippen molar-refractivity contribution in [1.82, 2.24) is 9.55 Å². The molecule has 0 aliphatic carbocycles. The monoisotopic (exact) mass is 265 g/mol. The molecule has 1 heterocycles. The Kier molecular flexibility index (Phi) is 3.57. The number of rotatable bonds is 4. The first-order valence-corrected chi connectivity index (χ1v) is 6.32. The summed E-state index contributed by atoms with van der Waals surface area (Å²) in [4.78, 5) is 15.5. The molecule has 0 aliphatic heterocycles. The van der Waals surface area contributed by atoms with Crippen molar-refractivity contribution in [3.05, 3.63) is 29.6 Å². The van der Waals surface area contributed by atoms with Gasteiger partial charge in [0.2, 0.25) is 5.91 Å². The van der Waals surface area contributed by atoms with E-state index in [9.17, 15) is 4.79 Å². The molecule has 0 fully saturated rings. The van der Waals surface area contributed by atoms with Gasteiger partial charge in [-0.1, -0.05) is 6.07 Å². The van der Waals surface area contributed by atoms with Crippen LogP contribution in [0.3, 0.4) is 0 Å². The topological polar surface area (TPSA) is 60.9 Å². The van der Waals surface area contributed by atoms with Crippen LogP contribution >= 0.6 is 11.6 Å². The highest BCUT2D eigenvalue weighted by atomic mass is 35.5. The van der Waals surface area contributed by atoms with Crippen molar-refractivity contribution in [2.45, 2.75) is 32.2 Å². The van der Waals surface area contributed by atoms with Gasteiger partial charge >= 0.3 is 0 Å². The lowest BCUT2D eigenvalue weighted by atomic mass is 10.2. The molecule has 4 nitrogen and oxygen atoms in total. The number of aryl methyl sites for hydroxylation is 2. The van der Waals surface area contributed by atoms with Crippen LogP contribution in [0.5, 0.6) is 0 Å². The summed E-state index contributed by atoms with van der Waals surface area (Å²) in [6, 6.07) is 6.04. The number of hydrogen-bond donors (Lipinski definition) is 1.